The lowest BCUT2D eigenvalue weighted by atomic mass is 10.2. The standard InChI is InChI=1S/C17H15FN4O2S/c1-10(23)13-8-12-15(25-13)17(22-4-6-24-7-5-22)21-16(20-12)11-2-3-14(18)19-9-11/h2-3,8-9,23H,1,4-7H2. The Balaban J connectivity index is 1.89. The van der Waals surface area contributed by atoms with Crippen molar-refractivity contribution in [3.05, 3.63) is 41.8 Å². The number of morpholine rings is 1. The largest absolute Gasteiger partial charge is 0.507 e. The number of aliphatic hydroxyl groups is 1. The molecule has 128 valence electrons. The molecule has 0 radical (unpaired) electrons. The van der Waals surface area contributed by atoms with E-state index in [1.165, 1.54) is 23.6 Å². The first-order valence-electron chi connectivity index (χ1n) is 7.76. The smallest absolute Gasteiger partial charge is 0.212 e. The molecule has 8 heteroatoms. The maximum absolute atomic E-state index is 13.1. The second-order valence-corrected chi connectivity index (χ2v) is 6.66. The Morgan fingerprint density at radius 3 is 2.76 bits per heavy atom. The van der Waals surface area contributed by atoms with Gasteiger partial charge in [-0.3, -0.25) is 0 Å². The van der Waals surface area contributed by atoms with E-state index in [4.69, 9.17) is 9.72 Å². The van der Waals surface area contributed by atoms with Gasteiger partial charge in [-0.15, -0.1) is 11.3 Å². The maximum atomic E-state index is 13.1. The molecule has 1 aliphatic rings. The van der Waals surface area contributed by atoms with E-state index < -0.39 is 5.95 Å². The summed E-state index contributed by atoms with van der Waals surface area (Å²) in [6, 6.07) is 4.67. The van der Waals surface area contributed by atoms with Crippen LogP contribution in [0.5, 0.6) is 0 Å². The molecule has 3 aromatic rings. The molecule has 1 saturated heterocycles. The quantitative estimate of drug-likeness (QED) is 0.572. The minimum atomic E-state index is -0.548. The number of fused-ring (bicyclic) bond motifs is 1. The summed E-state index contributed by atoms with van der Waals surface area (Å²) < 4.78 is 19.4. The van der Waals surface area contributed by atoms with Gasteiger partial charge in [0.15, 0.2) is 11.6 Å². The molecule has 4 heterocycles. The number of halogens is 1. The van der Waals surface area contributed by atoms with Crippen molar-refractivity contribution in [1.29, 1.82) is 0 Å². The van der Waals surface area contributed by atoms with Crippen LogP contribution in [0, 0.1) is 5.95 Å². The lowest BCUT2D eigenvalue weighted by Crippen LogP contribution is -2.36. The summed E-state index contributed by atoms with van der Waals surface area (Å²) in [5, 5.41) is 9.73. The predicted molar refractivity (Wildman–Crippen MR) is 95.3 cm³/mol. The van der Waals surface area contributed by atoms with Gasteiger partial charge in [-0.2, -0.15) is 4.39 Å². The number of ether oxygens (including phenoxy) is 1. The van der Waals surface area contributed by atoms with Crippen LogP contribution in [0.4, 0.5) is 10.2 Å². The van der Waals surface area contributed by atoms with E-state index >= 15 is 0 Å². The van der Waals surface area contributed by atoms with Crippen molar-refractivity contribution in [2.75, 3.05) is 31.2 Å². The predicted octanol–water partition coefficient (Wildman–Crippen LogP) is 3.26. The number of thiophene rings is 1. The van der Waals surface area contributed by atoms with Gasteiger partial charge in [0.25, 0.3) is 0 Å². The van der Waals surface area contributed by atoms with E-state index in [1.54, 1.807) is 12.1 Å². The van der Waals surface area contributed by atoms with Gasteiger partial charge in [0, 0.05) is 24.8 Å². The minimum Gasteiger partial charge on any atom is -0.507 e. The molecule has 25 heavy (non-hydrogen) atoms. The minimum absolute atomic E-state index is 0.000858. The van der Waals surface area contributed by atoms with Crippen molar-refractivity contribution >= 4 is 33.1 Å². The van der Waals surface area contributed by atoms with Crippen molar-refractivity contribution < 1.29 is 14.2 Å². The van der Waals surface area contributed by atoms with Crippen LogP contribution in [-0.2, 0) is 4.74 Å². The molecule has 6 nitrogen and oxygen atoms in total. The SMILES string of the molecule is C=C(O)c1cc2nc(-c3ccc(F)nc3)nc(N3CCOCC3)c2s1. The second kappa shape index (κ2) is 6.38. The highest BCUT2D eigenvalue weighted by molar-refractivity contribution is 7.20. The Bertz CT molecular complexity index is 936. The average molecular weight is 358 g/mol. The highest BCUT2D eigenvalue weighted by Gasteiger charge is 2.20. The zero-order chi connectivity index (χ0) is 17.4. The van der Waals surface area contributed by atoms with Crippen molar-refractivity contribution in [3.8, 4) is 11.4 Å². The Hall–Kier alpha value is -2.58. The van der Waals surface area contributed by atoms with Crippen molar-refractivity contribution in [2.24, 2.45) is 0 Å². The number of anilines is 1. The van der Waals surface area contributed by atoms with E-state index in [-0.39, 0.29) is 5.76 Å². The van der Waals surface area contributed by atoms with Gasteiger partial charge in [0.2, 0.25) is 5.95 Å². The van der Waals surface area contributed by atoms with Crippen molar-refractivity contribution in [2.45, 2.75) is 0 Å². The molecule has 0 atom stereocenters. The van der Waals surface area contributed by atoms with E-state index in [0.717, 1.165) is 23.6 Å². The van der Waals surface area contributed by atoms with Crippen molar-refractivity contribution in [3.63, 3.8) is 0 Å². The number of hydrogen-bond donors (Lipinski definition) is 1. The first kappa shape index (κ1) is 15.9. The molecule has 0 bridgehead atoms. The summed E-state index contributed by atoms with van der Waals surface area (Å²) in [4.78, 5) is 15.7. The Labute approximate surface area is 147 Å². The third kappa shape index (κ3) is 3.06. The number of aliphatic hydroxyl groups excluding tert-OH is 1. The molecule has 0 spiro atoms. The highest BCUT2D eigenvalue weighted by atomic mass is 32.1. The molecule has 3 aromatic heterocycles. The molecular formula is C17H15FN4O2S. The summed E-state index contributed by atoms with van der Waals surface area (Å²) in [6.07, 6.45) is 1.41. The molecule has 1 N–H and O–H groups in total. The summed E-state index contributed by atoms with van der Waals surface area (Å²) in [5.41, 5.74) is 1.35. The lowest BCUT2D eigenvalue weighted by molar-refractivity contribution is 0.122. The van der Waals surface area contributed by atoms with E-state index in [9.17, 15) is 9.50 Å². The van der Waals surface area contributed by atoms with Crippen LogP contribution in [0.3, 0.4) is 0 Å². The van der Waals surface area contributed by atoms with Crippen LogP contribution in [0.25, 0.3) is 27.4 Å². The zero-order valence-electron chi connectivity index (χ0n) is 13.3. The van der Waals surface area contributed by atoms with Gasteiger partial charge in [0.05, 0.1) is 28.3 Å². The van der Waals surface area contributed by atoms with Gasteiger partial charge in [-0.25, -0.2) is 15.0 Å². The molecule has 1 fully saturated rings. The summed E-state index contributed by atoms with van der Waals surface area (Å²) in [5.74, 6) is 0.702. The molecule has 0 saturated carbocycles. The first-order valence-corrected chi connectivity index (χ1v) is 8.58. The number of aromatic nitrogens is 3. The van der Waals surface area contributed by atoms with Gasteiger partial charge in [-0.05, 0) is 18.2 Å². The Kier molecular flexibility index (Phi) is 4.06. The summed E-state index contributed by atoms with van der Waals surface area (Å²) >= 11 is 1.40. The van der Waals surface area contributed by atoms with Crippen molar-refractivity contribution in [1.82, 2.24) is 15.0 Å². The lowest BCUT2D eigenvalue weighted by Gasteiger charge is -2.28. The second-order valence-electron chi connectivity index (χ2n) is 5.61. The van der Waals surface area contributed by atoms with Crippen LogP contribution < -0.4 is 4.90 Å². The van der Waals surface area contributed by atoms with E-state index in [2.05, 4.69) is 21.4 Å². The molecule has 0 amide bonds. The maximum Gasteiger partial charge on any atom is 0.212 e. The molecule has 1 aliphatic heterocycles. The van der Waals surface area contributed by atoms with E-state index in [0.29, 0.717) is 35.0 Å². The molecule has 4 rings (SSSR count). The van der Waals surface area contributed by atoms with Gasteiger partial charge in [0.1, 0.15) is 5.76 Å². The van der Waals surface area contributed by atoms with Crippen LogP contribution in [0.2, 0.25) is 0 Å². The summed E-state index contributed by atoms with van der Waals surface area (Å²) in [6.45, 7) is 6.29. The number of pyridine rings is 1. The summed E-state index contributed by atoms with van der Waals surface area (Å²) in [7, 11) is 0. The first-order chi connectivity index (χ1) is 12.1. The number of rotatable bonds is 3. The molecule has 0 unspecified atom stereocenters. The van der Waals surface area contributed by atoms with Gasteiger partial charge >= 0.3 is 0 Å². The van der Waals surface area contributed by atoms with Crippen LogP contribution in [-0.4, -0.2) is 46.4 Å². The Morgan fingerprint density at radius 1 is 1.28 bits per heavy atom. The highest BCUT2D eigenvalue weighted by Crippen LogP contribution is 2.36. The topological polar surface area (TPSA) is 71.4 Å². The van der Waals surface area contributed by atoms with Crippen LogP contribution in [0.15, 0.2) is 31.0 Å². The number of nitrogens with zero attached hydrogens (tertiary/aromatic N) is 4. The Morgan fingerprint density at radius 2 is 2.08 bits per heavy atom. The normalized spacial score (nSPS) is 14.8. The third-order valence-electron chi connectivity index (χ3n) is 3.93. The molecule has 0 aromatic carbocycles. The average Bonchev–Trinajstić information content (AvgIpc) is 3.07. The fourth-order valence-electron chi connectivity index (χ4n) is 2.68. The monoisotopic (exact) mass is 358 g/mol. The third-order valence-corrected chi connectivity index (χ3v) is 5.10. The van der Waals surface area contributed by atoms with Gasteiger partial charge in [-0.1, -0.05) is 6.58 Å². The fraction of sp³-hybridized carbons (Fsp3) is 0.235. The molecule has 0 aliphatic carbocycles. The van der Waals surface area contributed by atoms with Gasteiger partial charge < -0.3 is 14.7 Å². The van der Waals surface area contributed by atoms with Crippen LogP contribution in [0.1, 0.15) is 4.88 Å². The zero-order valence-corrected chi connectivity index (χ0v) is 14.1. The number of hydrogen-bond acceptors (Lipinski definition) is 7. The van der Waals surface area contributed by atoms with Crippen LogP contribution >= 0.6 is 11.3 Å². The fourth-order valence-corrected chi connectivity index (χ4v) is 3.67. The van der Waals surface area contributed by atoms with E-state index in [1.807, 2.05) is 0 Å². The molecular weight excluding hydrogens is 343 g/mol.